The van der Waals surface area contributed by atoms with Crippen LogP contribution < -0.4 is 9.62 Å². The SMILES string of the molecule is CCCNC(=O)[C@H](C)N(CCc1ccccc1)C(=O)CN(c1ccc(C)c(Cl)c1)S(=O)(=O)c1ccc(C)cc1. The van der Waals surface area contributed by atoms with Gasteiger partial charge in [0.25, 0.3) is 10.0 Å². The fourth-order valence-electron chi connectivity index (χ4n) is 4.07. The molecule has 0 heterocycles. The van der Waals surface area contributed by atoms with Crippen LogP contribution in [0.3, 0.4) is 0 Å². The summed E-state index contributed by atoms with van der Waals surface area (Å²) in [6.07, 6.45) is 1.27. The maximum atomic E-state index is 13.9. The van der Waals surface area contributed by atoms with Crippen molar-refractivity contribution in [3.63, 3.8) is 0 Å². The van der Waals surface area contributed by atoms with Gasteiger partial charge in [-0.3, -0.25) is 13.9 Å². The summed E-state index contributed by atoms with van der Waals surface area (Å²) in [6, 6.07) is 20.2. The number of aryl methyl sites for hydroxylation is 2. The molecular formula is C30H36ClN3O4S. The van der Waals surface area contributed by atoms with Crippen LogP contribution in [0, 0.1) is 13.8 Å². The number of carbonyl (C=O) groups is 2. The summed E-state index contributed by atoms with van der Waals surface area (Å²) >= 11 is 6.36. The Bertz CT molecular complexity index is 1380. The number of nitrogens with zero attached hydrogens (tertiary/aromatic N) is 2. The monoisotopic (exact) mass is 569 g/mol. The Morgan fingerprint density at radius 3 is 2.26 bits per heavy atom. The van der Waals surface area contributed by atoms with Gasteiger partial charge in [0.05, 0.1) is 10.6 Å². The second-order valence-corrected chi connectivity index (χ2v) is 11.8. The first-order valence-corrected chi connectivity index (χ1v) is 14.8. The van der Waals surface area contributed by atoms with Crippen LogP contribution >= 0.6 is 11.6 Å². The largest absolute Gasteiger partial charge is 0.354 e. The van der Waals surface area contributed by atoms with Crippen molar-refractivity contribution in [1.29, 1.82) is 0 Å². The average Bonchev–Trinajstić information content (AvgIpc) is 2.92. The second kappa shape index (κ2) is 13.6. The Morgan fingerprint density at radius 2 is 1.64 bits per heavy atom. The van der Waals surface area contributed by atoms with E-state index in [4.69, 9.17) is 11.6 Å². The van der Waals surface area contributed by atoms with Crippen LogP contribution in [0.1, 0.15) is 37.0 Å². The third-order valence-electron chi connectivity index (χ3n) is 6.53. The van der Waals surface area contributed by atoms with Gasteiger partial charge in [-0.25, -0.2) is 8.42 Å². The number of amides is 2. The van der Waals surface area contributed by atoms with E-state index in [0.29, 0.717) is 18.0 Å². The van der Waals surface area contributed by atoms with E-state index in [1.54, 1.807) is 37.3 Å². The zero-order chi connectivity index (χ0) is 28.6. The molecule has 0 aliphatic rings. The molecule has 0 aliphatic carbocycles. The summed E-state index contributed by atoms with van der Waals surface area (Å²) in [4.78, 5) is 28.3. The van der Waals surface area contributed by atoms with Crippen LogP contribution in [-0.4, -0.2) is 50.8 Å². The van der Waals surface area contributed by atoms with Crippen LogP contribution in [0.4, 0.5) is 5.69 Å². The van der Waals surface area contributed by atoms with Crippen molar-refractivity contribution < 1.29 is 18.0 Å². The highest BCUT2D eigenvalue weighted by Gasteiger charge is 2.32. The third-order valence-corrected chi connectivity index (χ3v) is 8.73. The molecule has 0 aromatic heterocycles. The molecular weight excluding hydrogens is 534 g/mol. The van der Waals surface area contributed by atoms with Gasteiger partial charge in [0, 0.05) is 18.1 Å². The van der Waals surface area contributed by atoms with Crippen molar-refractivity contribution in [3.05, 3.63) is 94.5 Å². The van der Waals surface area contributed by atoms with Crippen molar-refractivity contribution in [1.82, 2.24) is 10.2 Å². The van der Waals surface area contributed by atoms with Crippen LogP contribution in [0.25, 0.3) is 0 Å². The van der Waals surface area contributed by atoms with Crippen molar-refractivity contribution in [2.75, 3.05) is 23.9 Å². The normalized spacial score (nSPS) is 12.0. The van der Waals surface area contributed by atoms with E-state index >= 15 is 0 Å². The van der Waals surface area contributed by atoms with Crippen molar-refractivity contribution in [2.45, 2.75) is 51.5 Å². The summed E-state index contributed by atoms with van der Waals surface area (Å²) in [6.45, 7) is 7.54. The molecule has 9 heteroatoms. The molecule has 208 valence electrons. The van der Waals surface area contributed by atoms with E-state index < -0.39 is 28.5 Å². The maximum Gasteiger partial charge on any atom is 0.264 e. The number of sulfonamides is 1. The summed E-state index contributed by atoms with van der Waals surface area (Å²) in [5.74, 6) is -0.776. The van der Waals surface area contributed by atoms with Gasteiger partial charge in [-0.2, -0.15) is 0 Å². The fourth-order valence-corrected chi connectivity index (χ4v) is 5.65. The smallest absolute Gasteiger partial charge is 0.264 e. The van der Waals surface area contributed by atoms with E-state index in [2.05, 4.69) is 5.32 Å². The zero-order valence-electron chi connectivity index (χ0n) is 22.9. The Morgan fingerprint density at radius 1 is 0.974 bits per heavy atom. The fraction of sp³-hybridized carbons (Fsp3) is 0.333. The molecule has 1 N–H and O–H groups in total. The van der Waals surface area contributed by atoms with Crippen LogP contribution in [0.15, 0.2) is 77.7 Å². The van der Waals surface area contributed by atoms with Gasteiger partial charge in [-0.1, -0.05) is 72.6 Å². The molecule has 0 aliphatic heterocycles. The van der Waals surface area contributed by atoms with Crippen LogP contribution in [0.5, 0.6) is 0 Å². The first-order chi connectivity index (χ1) is 18.5. The number of hydrogen-bond donors (Lipinski definition) is 1. The summed E-state index contributed by atoms with van der Waals surface area (Å²) < 4.78 is 28.8. The van der Waals surface area contributed by atoms with Gasteiger partial charge in [-0.15, -0.1) is 0 Å². The molecule has 0 unspecified atom stereocenters. The second-order valence-electron chi connectivity index (χ2n) is 9.55. The molecule has 1 atom stereocenters. The standard InChI is InChI=1S/C30H36ClN3O4S/c1-5-18-32-30(36)24(4)33(19-17-25-9-7-6-8-10-25)29(35)21-34(26-14-13-23(3)28(31)20-26)39(37,38)27-15-11-22(2)12-16-27/h6-16,20,24H,5,17-19,21H2,1-4H3,(H,32,36)/t24-/m0/s1. The topological polar surface area (TPSA) is 86.8 Å². The van der Waals surface area contributed by atoms with Crippen molar-refractivity contribution in [2.24, 2.45) is 0 Å². The number of hydrogen-bond acceptors (Lipinski definition) is 4. The minimum absolute atomic E-state index is 0.0576. The van der Waals surface area contributed by atoms with E-state index in [0.717, 1.165) is 27.4 Å². The number of anilines is 1. The lowest BCUT2D eigenvalue weighted by Gasteiger charge is -2.32. The molecule has 39 heavy (non-hydrogen) atoms. The molecule has 0 fully saturated rings. The van der Waals surface area contributed by atoms with Gasteiger partial charge in [0.2, 0.25) is 11.8 Å². The molecule has 7 nitrogen and oxygen atoms in total. The minimum Gasteiger partial charge on any atom is -0.354 e. The molecule has 0 bridgehead atoms. The van der Waals surface area contributed by atoms with Gasteiger partial charge >= 0.3 is 0 Å². The Kier molecular flexibility index (Phi) is 10.5. The van der Waals surface area contributed by atoms with Gasteiger partial charge in [0.15, 0.2) is 0 Å². The number of rotatable bonds is 12. The van der Waals surface area contributed by atoms with Gasteiger partial charge in [-0.05, 0) is 69.0 Å². The zero-order valence-corrected chi connectivity index (χ0v) is 24.4. The predicted octanol–water partition coefficient (Wildman–Crippen LogP) is 5.14. The Balaban J connectivity index is 1.99. The van der Waals surface area contributed by atoms with Crippen molar-refractivity contribution >= 4 is 39.1 Å². The molecule has 2 amide bonds. The van der Waals surface area contributed by atoms with E-state index in [9.17, 15) is 18.0 Å². The van der Waals surface area contributed by atoms with E-state index in [1.807, 2.05) is 51.1 Å². The molecule has 0 saturated heterocycles. The lowest BCUT2D eigenvalue weighted by Crippen LogP contribution is -2.52. The highest BCUT2D eigenvalue weighted by atomic mass is 35.5. The highest BCUT2D eigenvalue weighted by Crippen LogP contribution is 2.28. The summed E-state index contributed by atoms with van der Waals surface area (Å²) in [7, 11) is -4.13. The number of halogens is 1. The van der Waals surface area contributed by atoms with Gasteiger partial charge < -0.3 is 10.2 Å². The average molecular weight is 570 g/mol. The first kappa shape index (κ1) is 30.2. The maximum absolute atomic E-state index is 13.9. The van der Waals surface area contributed by atoms with Crippen molar-refractivity contribution in [3.8, 4) is 0 Å². The molecule has 3 rings (SSSR count). The quantitative estimate of drug-likeness (QED) is 0.327. The van der Waals surface area contributed by atoms with Crippen LogP contribution in [0.2, 0.25) is 5.02 Å². The third kappa shape index (κ3) is 7.83. The summed E-state index contributed by atoms with van der Waals surface area (Å²) in [5.41, 5.74) is 2.97. The Hall–Kier alpha value is -3.36. The predicted molar refractivity (Wildman–Crippen MR) is 157 cm³/mol. The summed E-state index contributed by atoms with van der Waals surface area (Å²) in [5, 5.41) is 3.23. The molecule has 3 aromatic rings. The number of carbonyl (C=O) groups excluding carboxylic acids is 2. The Labute approximate surface area is 236 Å². The van der Waals surface area contributed by atoms with E-state index in [1.165, 1.54) is 17.0 Å². The first-order valence-electron chi connectivity index (χ1n) is 13.0. The van der Waals surface area contributed by atoms with Crippen LogP contribution in [-0.2, 0) is 26.0 Å². The number of benzene rings is 3. The molecule has 0 radical (unpaired) electrons. The van der Waals surface area contributed by atoms with Gasteiger partial charge in [0.1, 0.15) is 12.6 Å². The molecule has 0 saturated carbocycles. The lowest BCUT2D eigenvalue weighted by atomic mass is 10.1. The number of nitrogens with one attached hydrogen (secondary N) is 1. The lowest BCUT2D eigenvalue weighted by molar-refractivity contribution is -0.138. The highest BCUT2D eigenvalue weighted by molar-refractivity contribution is 7.92. The molecule has 0 spiro atoms. The molecule has 3 aromatic carbocycles. The minimum atomic E-state index is -4.13. The van der Waals surface area contributed by atoms with E-state index in [-0.39, 0.29) is 23.0 Å².